The summed E-state index contributed by atoms with van der Waals surface area (Å²) in [5.74, 6) is 2.77. The van der Waals surface area contributed by atoms with Crippen molar-refractivity contribution in [2.24, 2.45) is 17.8 Å². The lowest BCUT2D eigenvalue weighted by atomic mass is 9.86. The summed E-state index contributed by atoms with van der Waals surface area (Å²) in [6.45, 7) is 1.73. The van der Waals surface area contributed by atoms with Gasteiger partial charge in [0.15, 0.2) is 5.82 Å². The fraction of sp³-hybridized carbons (Fsp3) is 0.750. The van der Waals surface area contributed by atoms with Gasteiger partial charge in [0.1, 0.15) is 0 Å². The molecule has 17 heavy (non-hydrogen) atoms. The maximum atomic E-state index is 11.8. The first-order chi connectivity index (χ1) is 8.20. The summed E-state index contributed by atoms with van der Waals surface area (Å²) >= 11 is 0. The molecule has 1 aromatic rings. The number of nitrogens with zero attached hydrogens (tertiary/aromatic N) is 2. The number of amides is 1. The van der Waals surface area contributed by atoms with Crippen LogP contribution in [0, 0.1) is 24.7 Å². The van der Waals surface area contributed by atoms with Gasteiger partial charge < -0.3 is 4.52 Å². The van der Waals surface area contributed by atoms with Crippen LogP contribution in [0.3, 0.4) is 0 Å². The molecule has 3 rings (SSSR count). The van der Waals surface area contributed by atoms with Gasteiger partial charge in [0, 0.05) is 6.42 Å². The van der Waals surface area contributed by atoms with Crippen molar-refractivity contribution < 1.29 is 9.32 Å². The van der Waals surface area contributed by atoms with E-state index < -0.39 is 0 Å². The van der Waals surface area contributed by atoms with Gasteiger partial charge in [-0.15, -0.1) is 0 Å². The van der Waals surface area contributed by atoms with E-state index in [1.807, 2.05) is 0 Å². The van der Waals surface area contributed by atoms with E-state index >= 15 is 0 Å². The number of aryl methyl sites for hydroxylation is 1. The number of hydrogen-bond acceptors (Lipinski definition) is 4. The predicted molar refractivity (Wildman–Crippen MR) is 61.2 cm³/mol. The van der Waals surface area contributed by atoms with Crippen LogP contribution in [0.2, 0.25) is 0 Å². The minimum atomic E-state index is 0.00574. The summed E-state index contributed by atoms with van der Waals surface area (Å²) in [6.07, 6.45) is 5.83. The van der Waals surface area contributed by atoms with Crippen LogP contribution in [0.1, 0.15) is 37.9 Å². The third kappa shape index (κ3) is 2.18. The minimum absolute atomic E-state index is 0.00574. The van der Waals surface area contributed by atoms with Gasteiger partial charge in [-0.05, 0) is 43.9 Å². The fourth-order valence-corrected chi connectivity index (χ4v) is 3.38. The van der Waals surface area contributed by atoms with Crippen LogP contribution in [-0.4, -0.2) is 16.0 Å². The summed E-state index contributed by atoms with van der Waals surface area (Å²) in [7, 11) is 0. The second-order valence-corrected chi connectivity index (χ2v) is 5.33. The molecule has 0 saturated heterocycles. The van der Waals surface area contributed by atoms with E-state index in [9.17, 15) is 4.79 Å². The van der Waals surface area contributed by atoms with E-state index in [1.54, 1.807) is 6.92 Å². The molecule has 1 amide bonds. The first-order valence-corrected chi connectivity index (χ1v) is 6.31. The topological polar surface area (TPSA) is 68.0 Å². The lowest BCUT2D eigenvalue weighted by Gasteiger charge is -2.20. The molecule has 2 aliphatic rings. The van der Waals surface area contributed by atoms with Crippen LogP contribution >= 0.6 is 0 Å². The van der Waals surface area contributed by atoms with Gasteiger partial charge in [-0.25, -0.2) is 0 Å². The standard InChI is InChI=1S/C12H17N3O2/c1-7-13-12(17-15-7)14-11(16)6-10-5-8-2-3-9(10)4-8/h8-10H,2-6H2,1H3,(H,13,14,15,16)/t8-,9-,10-/m0/s1. The van der Waals surface area contributed by atoms with Crippen molar-refractivity contribution >= 4 is 11.9 Å². The number of anilines is 1. The summed E-state index contributed by atoms with van der Waals surface area (Å²) in [6, 6.07) is 0.218. The van der Waals surface area contributed by atoms with E-state index in [1.165, 1.54) is 25.7 Å². The summed E-state index contributed by atoms with van der Waals surface area (Å²) in [5.41, 5.74) is 0. The van der Waals surface area contributed by atoms with Crippen LogP contribution in [0.25, 0.3) is 0 Å². The number of rotatable bonds is 3. The number of hydrogen-bond donors (Lipinski definition) is 1. The molecule has 0 aliphatic heterocycles. The van der Waals surface area contributed by atoms with Crippen LogP contribution in [0.4, 0.5) is 6.01 Å². The van der Waals surface area contributed by atoms with E-state index in [2.05, 4.69) is 15.5 Å². The van der Waals surface area contributed by atoms with E-state index in [-0.39, 0.29) is 11.9 Å². The monoisotopic (exact) mass is 235 g/mol. The van der Waals surface area contributed by atoms with Crippen molar-refractivity contribution in [2.45, 2.75) is 39.0 Å². The Balaban J connectivity index is 1.54. The zero-order chi connectivity index (χ0) is 11.8. The summed E-state index contributed by atoms with van der Waals surface area (Å²) in [5, 5.41) is 6.31. The number of carbonyl (C=O) groups is 1. The third-order valence-electron chi connectivity index (χ3n) is 4.11. The van der Waals surface area contributed by atoms with Crippen molar-refractivity contribution in [1.82, 2.24) is 10.1 Å². The SMILES string of the molecule is Cc1noc(NC(=O)C[C@@H]2C[C@H]3CC[C@H]2C3)n1. The zero-order valence-corrected chi connectivity index (χ0v) is 9.98. The average molecular weight is 235 g/mol. The van der Waals surface area contributed by atoms with Crippen molar-refractivity contribution in [2.75, 3.05) is 5.32 Å². The number of carbonyl (C=O) groups excluding carboxylic acids is 1. The van der Waals surface area contributed by atoms with Gasteiger partial charge in [0.05, 0.1) is 0 Å². The van der Waals surface area contributed by atoms with Crippen LogP contribution < -0.4 is 5.32 Å². The first-order valence-electron chi connectivity index (χ1n) is 6.31. The summed E-state index contributed by atoms with van der Waals surface area (Å²) in [4.78, 5) is 15.8. The van der Waals surface area contributed by atoms with Crippen molar-refractivity contribution in [3.05, 3.63) is 5.82 Å². The van der Waals surface area contributed by atoms with E-state index in [0.29, 0.717) is 18.2 Å². The lowest BCUT2D eigenvalue weighted by molar-refractivity contribution is -0.117. The molecule has 2 saturated carbocycles. The van der Waals surface area contributed by atoms with Crippen LogP contribution in [-0.2, 0) is 4.79 Å². The van der Waals surface area contributed by atoms with Gasteiger partial charge in [0.2, 0.25) is 5.91 Å². The molecule has 0 radical (unpaired) electrons. The van der Waals surface area contributed by atoms with Gasteiger partial charge in [-0.2, -0.15) is 4.98 Å². The maximum absolute atomic E-state index is 11.8. The van der Waals surface area contributed by atoms with E-state index in [0.717, 1.165) is 11.8 Å². The predicted octanol–water partition coefficient (Wildman–Crippen LogP) is 2.14. The highest BCUT2D eigenvalue weighted by atomic mass is 16.5. The number of nitrogens with one attached hydrogen (secondary N) is 1. The van der Waals surface area contributed by atoms with Gasteiger partial charge in [-0.3, -0.25) is 10.1 Å². The molecule has 5 heteroatoms. The van der Waals surface area contributed by atoms with Crippen LogP contribution in [0.15, 0.2) is 4.52 Å². The quantitative estimate of drug-likeness (QED) is 0.871. The Kier molecular flexibility index (Phi) is 2.61. The van der Waals surface area contributed by atoms with Gasteiger partial charge in [-0.1, -0.05) is 11.6 Å². The normalized spacial score (nSPS) is 30.8. The molecule has 0 unspecified atom stereocenters. The molecule has 2 fully saturated rings. The molecule has 92 valence electrons. The molecular weight excluding hydrogens is 218 g/mol. The third-order valence-corrected chi connectivity index (χ3v) is 4.11. The highest BCUT2D eigenvalue weighted by molar-refractivity contribution is 5.88. The van der Waals surface area contributed by atoms with Crippen LogP contribution in [0.5, 0.6) is 0 Å². The molecule has 2 bridgehead atoms. The number of fused-ring (bicyclic) bond motifs is 2. The highest BCUT2D eigenvalue weighted by Crippen LogP contribution is 2.49. The molecule has 5 nitrogen and oxygen atoms in total. The molecule has 2 aliphatic carbocycles. The van der Waals surface area contributed by atoms with Crippen molar-refractivity contribution in [1.29, 1.82) is 0 Å². The average Bonchev–Trinajstić information content (AvgIpc) is 2.95. The molecule has 0 aromatic carbocycles. The molecular formula is C12H17N3O2. The highest BCUT2D eigenvalue weighted by Gasteiger charge is 2.40. The second-order valence-electron chi connectivity index (χ2n) is 5.33. The van der Waals surface area contributed by atoms with Crippen molar-refractivity contribution in [3.63, 3.8) is 0 Å². The van der Waals surface area contributed by atoms with Crippen molar-refractivity contribution in [3.8, 4) is 0 Å². The Hall–Kier alpha value is -1.39. The maximum Gasteiger partial charge on any atom is 0.328 e. The Bertz CT molecular complexity index is 429. The zero-order valence-electron chi connectivity index (χ0n) is 9.98. The Labute approximate surface area is 100.0 Å². The van der Waals surface area contributed by atoms with E-state index in [4.69, 9.17) is 4.52 Å². The molecule has 1 N–H and O–H groups in total. The Morgan fingerprint density at radius 2 is 2.35 bits per heavy atom. The second kappa shape index (κ2) is 4.13. The fourth-order valence-electron chi connectivity index (χ4n) is 3.38. The largest absolute Gasteiger partial charge is 0.328 e. The smallest absolute Gasteiger partial charge is 0.315 e. The van der Waals surface area contributed by atoms with Gasteiger partial charge in [0.25, 0.3) is 0 Å². The molecule has 3 atom stereocenters. The first kappa shape index (κ1) is 10.7. The Morgan fingerprint density at radius 1 is 1.47 bits per heavy atom. The summed E-state index contributed by atoms with van der Waals surface area (Å²) < 4.78 is 4.87. The number of aromatic nitrogens is 2. The Morgan fingerprint density at radius 3 is 2.94 bits per heavy atom. The molecule has 0 spiro atoms. The molecule has 1 aromatic heterocycles. The molecule has 1 heterocycles. The minimum Gasteiger partial charge on any atom is -0.315 e. The lowest BCUT2D eigenvalue weighted by Crippen LogP contribution is -2.20. The van der Waals surface area contributed by atoms with Gasteiger partial charge >= 0.3 is 6.01 Å².